The highest BCUT2D eigenvalue weighted by atomic mass is 16.1. The van der Waals surface area contributed by atoms with Gasteiger partial charge in [0.15, 0.2) is 0 Å². The average molecular weight is 265 g/mol. The number of piperazine rings is 1. The summed E-state index contributed by atoms with van der Waals surface area (Å²) in [6.07, 6.45) is 1.80. The molecule has 2 rings (SSSR count). The lowest BCUT2D eigenvalue weighted by Crippen LogP contribution is -2.45. The monoisotopic (exact) mass is 265 g/mol. The number of rotatable bonds is 4. The van der Waals surface area contributed by atoms with Crippen molar-refractivity contribution in [3.63, 3.8) is 0 Å². The molecule has 1 saturated heterocycles. The van der Waals surface area contributed by atoms with Gasteiger partial charge in [0.2, 0.25) is 0 Å². The molecule has 6 nitrogen and oxygen atoms in total. The van der Waals surface area contributed by atoms with Crippen LogP contribution in [-0.2, 0) is 6.54 Å². The predicted octanol–water partition coefficient (Wildman–Crippen LogP) is -0.397. The van der Waals surface area contributed by atoms with Crippen molar-refractivity contribution in [2.24, 2.45) is 0 Å². The van der Waals surface area contributed by atoms with Crippen LogP contribution in [-0.4, -0.2) is 61.0 Å². The highest BCUT2D eigenvalue weighted by molar-refractivity contribution is 5.43. The molecule has 1 atom stereocenters. The van der Waals surface area contributed by atoms with Crippen molar-refractivity contribution in [1.29, 1.82) is 0 Å². The smallest absolute Gasteiger partial charge is 0.268 e. The summed E-state index contributed by atoms with van der Waals surface area (Å²) in [7, 11) is 4.00. The zero-order chi connectivity index (χ0) is 13.8. The van der Waals surface area contributed by atoms with Crippen molar-refractivity contribution in [3.05, 3.63) is 22.6 Å². The van der Waals surface area contributed by atoms with Gasteiger partial charge in [0.1, 0.15) is 0 Å². The molecule has 1 fully saturated rings. The predicted molar refractivity (Wildman–Crippen MR) is 76.7 cm³/mol. The molecule has 0 aliphatic carbocycles. The summed E-state index contributed by atoms with van der Waals surface area (Å²) in [6, 6.07) is 1.93. The standard InChI is InChI=1S/C13H23N5O/c1-11(14-2)10-18-13(19)8-12(9-15-18)17-6-4-16(3)5-7-17/h8-9,11,14H,4-7,10H2,1-3H3. The van der Waals surface area contributed by atoms with Gasteiger partial charge in [0, 0.05) is 38.3 Å². The van der Waals surface area contributed by atoms with Crippen molar-refractivity contribution in [1.82, 2.24) is 20.0 Å². The Labute approximate surface area is 114 Å². The lowest BCUT2D eigenvalue weighted by atomic mass is 10.3. The quantitative estimate of drug-likeness (QED) is 0.803. The van der Waals surface area contributed by atoms with E-state index in [1.54, 1.807) is 12.3 Å². The molecule has 1 N–H and O–H groups in total. The fourth-order valence-electron chi connectivity index (χ4n) is 2.15. The van der Waals surface area contributed by atoms with Crippen LogP contribution in [0.4, 0.5) is 5.69 Å². The Morgan fingerprint density at radius 3 is 2.63 bits per heavy atom. The van der Waals surface area contributed by atoms with E-state index < -0.39 is 0 Å². The number of anilines is 1. The molecular formula is C13H23N5O. The van der Waals surface area contributed by atoms with E-state index in [9.17, 15) is 4.79 Å². The van der Waals surface area contributed by atoms with Crippen LogP contribution in [0, 0.1) is 0 Å². The Bertz CT molecular complexity index is 464. The number of nitrogens with zero attached hydrogens (tertiary/aromatic N) is 4. The van der Waals surface area contributed by atoms with Crippen LogP contribution >= 0.6 is 0 Å². The molecule has 0 saturated carbocycles. The fraction of sp³-hybridized carbons (Fsp3) is 0.692. The second-order valence-electron chi connectivity index (χ2n) is 5.21. The molecular weight excluding hydrogens is 242 g/mol. The minimum atomic E-state index is -0.0291. The first-order valence-corrected chi connectivity index (χ1v) is 6.78. The number of likely N-dealkylation sites (N-methyl/N-ethyl adjacent to an activating group) is 2. The van der Waals surface area contributed by atoms with Gasteiger partial charge in [-0.25, -0.2) is 4.68 Å². The molecule has 1 aromatic rings. The lowest BCUT2D eigenvalue weighted by Gasteiger charge is -2.33. The average Bonchev–Trinajstić information content (AvgIpc) is 2.41. The van der Waals surface area contributed by atoms with E-state index in [1.165, 1.54) is 4.68 Å². The first-order chi connectivity index (χ1) is 9.10. The van der Waals surface area contributed by atoms with Crippen LogP contribution < -0.4 is 15.8 Å². The fourth-order valence-corrected chi connectivity index (χ4v) is 2.15. The zero-order valence-electron chi connectivity index (χ0n) is 12.0. The zero-order valence-corrected chi connectivity index (χ0v) is 12.0. The number of aromatic nitrogens is 2. The Morgan fingerprint density at radius 2 is 2.05 bits per heavy atom. The first-order valence-electron chi connectivity index (χ1n) is 6.78. The number of hydrogen-bond donors (Lipinski definition) is 1. The molecule has 1 unspecified atom stereocenters. The molecule has 1 aliphatic heterocycles. The maximum Gasteiger partial charge on any atom is 0.268 e. The molecule has 0 amide bonds. The van der Waals surface area contributed by atoms with E-state index in [0.717, 1.165) is 31.9 Å². The first kappa shape index (κ1) is 14.0. The van der Waals surface area contributed by atoms with E-state index in [2.05, 4.69) is 27.3 Å². The minimum Gasteiger partial charge on any atom is -0.368 e. The van der Waals surface area contributed by atoms with Crippen LogP contribution in [0.5, 0.6) is 0 Å². The van der Waals surface area contributed by atoms with Crippen LogP contribution in [0.2, 0.25) is 0 Å². The SMILES string of the molecule is CNC(C)Cn1ncc(N2CCN(C)CC2)cc1=O. The van der Waals surface area contributed by atoms with Crippen molar-refractivity contribution in [2.45, 2.75) is 19.5 Å². The minimum absolute atomic E-state index is 0.0291. The van der Waals surface area contributed by atoms with E-state index in [4.69, 9.17) is 0 Å². The summed E-state index contributed by atoms with van der Waals surface area (Å²) < 4.78 is 1.51. The molecule has 0 spiro atoms. The number of hydrogen-bond acceptors (Lipinski definition) is 5. The van der Waals surface area contributed by atoms with Gasteiger partial charge in [-0.05, 0) is 21.0 Å². The Kier molecular flexibility index (Phi) is 4.55. The second kappa shape index (κ2) is 6.16. The summed E-state index contributed by atoms with van der Waals surface area (Å²) in [5.74, 6) is 0. The molecule has 19 heavy (non-hydrogen) atoms. The molecule has 0 bridgehead atoms. The number of nitrogens with one attached hydrogen (secondary N) is 1. The van der Waals surface area contributed by atoms with E-state index in [0.29, 0.717) is 6.54 Å². The summed E-state index contributed by atoms with van der Waals surface area (Å²) in [4.78, 5) is 16.5. The molecule has 1 aromatic heterocycles. The molecule has 6 heteroatoms. The molecule has 0 radical (unpaired) electrons. The third-order valence-corrected chi connectivity index (χ3v) is 3.66. The van der Waals surface area contributed by atoms with Crippen LogP contribution in [0.15, 0.2) is 17.1 Å². The van der Waals surface area contributed by atoms with E-state index in [1.807, 2.05) is 14.0 Å². The largest absolute Gasteiger partial charge is 0.368 e. The van der Waals surface area contributed by atoms with Gasteiger partial charge in [0.05, 0.1) is 18.4 Å². The van der Waals surface area contributed by atoms with Crippen molar-refractivity contribution in [2.75, 3.05) is 45.2 Å². The summed E-state index contributed by atoms with van der Waals surface area (Å²) in [6.45, 7) is 6.59. The van der Waals surface area contributed by atoms with Gasteiger partial charge >= 0.3 is 0 Å². The highest BCUT2D eigenvalue weighted by Gasteiger charge is 2.15. The van der Waals surface area contributed by atoms with Crippen molar-refractivity contribution >= 4 is 5.69 Å². The second-order valence-corrected chi connectivity index (χ2v) is 5.21. The lowest BCUT2D eigenvalue weighted by molar-refractivity contribution is 0.312. The van der Waals surface area contributed by atoms with Crippen LogP contribution in [0.3, 0.4) is 0 Å². The van der Waals surface area contributed by atoms with E-state index >= 15 is 0 Å². The summed E-state index contributed by atoms with van der Waals surface area (Å²) >= 11 is 0. The normalized spacial score (nSPS) is 18.6. The highest BCUT2D eigenvalue weighted by Crippen LogP contribution is 2.12. The Morgan fingerprint density at radius 1 is 1.37 bits per heavy atom. The van der Waals surface area contributed by atoms with Crippen molar-refractivity contribution < 1.29 is 0 Å². The molecule has 106 valence electrons. The van der Waals surface area contributed by atoms with Gasteiger partial charge in [-0.1, -0.05) is 0 Å². The topological polar surface area (TPSA) is 53.4 Å². The maximum absolute atomic E-state index is 12.0. The van der Waals surface area contributed by atoms with Gasteiger partial charge in [-0.2, -0.15) is 5.10 Å². The maximum atomic E-state index is 12.0. The summed E-state index contributed by atoms with van der Waals surface area (Å²) in [5, 5.41) is 7.38. The van der Waals surface area contributed by atoms with Crippen LogP contribution in [0.25, 0.3) is 0 Å². The Hall–Kier alpha value is -1.40. The molecule has 1 aliphatic rings. The molecule has 2 heterocycles. The van der Waals surface area contributed by atoms with Gasteiger partial charge in [-0.3, -0.25) is 4.79 Å². The van der Waals surface area contributed by atoms with Gasteiger partial charge < -0.3 is 15.1 Å². The van der Waals surface area contributed by atoms with Crippen LogP contribution in [0.1, 0.15) is 6.92 Å². The third kappa shape index (κ3) is 3.54. The third-order valence-electron chi connectivity index (χ3n) is 3.66. The Balaban J connectivity index is 2.08. The van der Waals surface area contributed by atoms with Crippen molar-refractivity contribution in [3.8, 4) is 0 Å². The summed E-state index contributed by atoms with van der Waals surface area (Å²) in [5.41, 5.74) is 0.907. The molecule has 0 aromatic carbocycles. The van der Waals surface area contributed by atoms with E-state index in [-0.39, 0.29) is 11.6 Å². The van der Waals surface area contributed by atoms with Gasteiger partial charge in [0.25, 0.3) is 5.56 Å². The van der Waals surface area contributed by atoms with Gasteiger partial charge in [-0.15, -0.1) is 0 Å².